The molecular formula is C23H25Cl2N3O4. The number of benzene rings is 2. The first kappa shape index (κ1) is 22.6. The molecule has 4 rings (SSSR count). The molecule has 0 aromatic heterocycles. The zero-order chi connectivity index (χ0) is 22.5. The Hall–Kier alpha value is -2.64. The second-order valence-electron chi connectivity index (χ2n) is 7.88. The highest BCUT2D eigenvalue weighted by Crippen LogP contribution is 2.30. The summed E-state index contributed by atoms with van der Waals surface area (Å²) in [5.41, 5.74) is 1.73. The maximum atomic E-state index is 12.7. The van der Waals surface area contributed by atoms with Crippen LogP contribution < -0.4 is 20.1 Å². The lowest BCUT2D eigenvalue weighted by Gasteiger charge is -2.32. The number of nitrogens with one attached hydrogen (secondary N) is 2. The van der Waals surface area contributed by atoms with Crippen molar-refractivity contribution in [3.63, 3.8) is 0 Å². The molecule has 3 amide bonds. The predicted molar refractivity (Wildman–Crippen MR) is 122 cm³/mol. The monoisotopic (exact) mass is 477 g/mol. The van der Waals surface area contributed by atoms with Gasteiger partial charge in [0.2, 0.25) is 5.91 Å². The average molecular weight is 478 g/mol. The number of likely N-dealkylation sites (tertiary alicyclic amines) is 1. The number of piperidine rings is 1. The van der Waals surface area contributed by atoms with E-state index in [0.29, 0.717) is 55.2 Å². The lowest BCUT2D eigenvalue weighted by Crippen LogP contribution is -2.48. The van der Waals surface area contributed by atoms with Gasteiger partial charge >= 0.3 is 6.03 Å². The third kappa shape index (κ3) is 5.58. The van der Waals surface area contributed by atoms with E-state index in [-0.39, 0.29) is 17.9 Å². The van der Waals surface area contributed by atoms with Crippen LogP contribution in [-0.2, 0) is 17.9 Å². The number of ether oxygens (including phenoxy) is 2. The van der Waals surface area contributed by atoms with Crippen molar-refractivity contribution < 1.29 is 19.1 Å². The first-order chi connectivity index (χ1) is 15.5. The van der Waals surface area contributed by atoms with Gasteiger partial charge in [0.05, 0.1) is 5.92 Å². The SMILES string of the molecule is O=C(NCc1ccc2c(c1)OCCO2)C1CCCN(C(=O)NCc2ccc(Cl)cc2Cl)C1. The molecule has 2 aliphatic rings. The Morgan fingerprint density at radius 2 is 1.81 bits per heavy atom. The standard InChI is InChI=1S/C23H25Cl2N3O4/c24-18-5-4-16(19(25)11-18)13-27-23(30)28-7-1-2-17(14-28)22(29)26-12-15-3-6-20-21(10-15)32-9-8-31-20/h3-6,10-11,17H,1-2,7-9,12-14H2,(H,26,29)(H,27,30). The van der Waals surface area contributed by atoms with Gasteiger partial charge in [-0.1, -0.05) is 35.3 Å². The van der Waals surface area contributed by atoms with E-state index in [1.165, 1.54) is 0 Å². The van der Waals surface area contributed by atoms with Crippen molar-refractivity contribution in [2.24, 2.45) is 5.92 Å². The predicted octanol–water partition coefficient (Wildman–Crippen LogP) is 4.00. The summed E-state index contributed by atoms with van der Waals surface area (Å²) in [6.45, 7) is 2.76. The third-order valence-electron chi connectivity index (χ3n) is 5.60. The molecule has 2 aromatic rings. The summed E-state index contributed by atoms with van der Waals surface area (Å²) in [5, 5.41) is 6.91. The summed E-state index contributed by atoms with van der Waals surface area (Å²) in [4.78, 5) is 27.0. The summed E-state index contributed by atoms with van der Waals surface area (Å²) >= 11 is 12.1. The average Bonchev–Trinajstić information content (AvgIpc) is 2.81. The number of amides is 3. The molecule has 2 N–H and O–H groups in total. The number of carbonyl (C=O) groups is 2. The fourth-order valence-corrected chi connectivity index (χ4v) is 4.33. The summed E-state index contributed by atoms with van der Waals surface area (Å²) in [6, 6.07) is 10.6. The van der Waals surface area contributed by atoms with Gasteiger partial charge in [-0.3, -0.25) is 4.79 Å². The number of carbonyl (C=O) groups excluding carboxylic acids is 2. The van der Waals surface area contributed by atoms with Crippen LogP contribution in [0.3, 0.4) is 0 Å². The van der Waals surface area contributed by atoms with E-state index in [1.54, 1.807) is 23.1 Å². The van der Waals surface area contributed by atoms with Gasteiger partial charge in [-0.05, 0) is 48.2 Å². The van der Waals surface area contributed by atoms with Gasteiger partial charge in [0.15, 0.2) is 11.5 Å². The topological polar surface area (TPSA) is 79.9 Å². The minimum atomic E-state index is -0.245. The molecule has 1 atom stereocenters. The van der Waals surface area contributed by atoms with Crippen molar-refractivity contribution in [2.45, 2.75) is 25.9 Å². The van der Waals surface area contributed by atoms with Gasteiger partial charge < -0.3 is 25.0 Å². The highest BCUT2D eigenvalue weighted by molar-refractivity contribution is 6.35. The Kier molecular flexibility index (Phi) is 7.27. The van der Waals surface area contributed by atoms with Crippen molar-refractivity contribution in [1.29, 1.82) is 0 Å². The largest absolute Gasteiger partial charge is 0.486 e. The van der Waals surface area contributed by atoms with E-state index in [9.17, 15) is 9.59 Å². The van der Waals surface area contributed by atoms with Crippen LogP contribution >= 0.6 is 23.2 Å². The molecule has 9 heteroatoms. The maximum absolute atomic E-state index is 12.7. The Morgan fingerprint density at radius 1 is 1.00 bits per heavy atom. The Balaban J connectivity index is 1.27. The van der Waals surface area contributed by atoms with Crippen LogP contribution in [-0.4, -0.2) is 43.1 Å². The highest BCUT2D eigenvalue weighted by Gasteiger charge is 2.28. The van der Waals surface area contributed by atoms with Crippen LogP contribution in [0.5, 0.6) is 11.5 Å². The van der Waals surface area contributed by atoms with Gasteiger partial charge in [-0.25, -0.2) is 4.79 Å². The van der Waals surface area contributed by atoms with Crippen molar-refractivity contribution >= 4 is 35.1 Å². The van der Waals surface area contributed by atoms with Crippen LogP contribution in [0.1, 0.15) is 24.0 Å². The van der Waals surface area contributed by atoms with Crippen molar-refractivity contribution in [1.82, 2.24) is 15.5 Å². The molecule has 0 bridgehead atoms. The highest BCUT2D eigenvalue weighted by atomic mass is 35.5. The molecule has 2 aromatic carbocycles. The molecule has 1 unspecified atom stereocenters. The summed E-state index contributed by atoms with van der Waals surface area (Å²) in [6.07, 6.45) is 1.52. The summed E-state index contributed by atoms with van der Waals surface area (Å²) in [5.74, 6) is 1.12. The fraction of sp³-hybridized carbons (Fsp3) is 0.391. The van der Waals surface area contributed by atoms with E-state index in [2.05, 4.69) is 10.6 Å². The van der Waals surface area contributed by atoms with Crippen molar-refractivity contribution in [3.05, 3.63) is 57.6 Å². The normalized spacial score (nSPS) is 17.6. The van der Waals surface area contributed by atoms with E-state index < -0.39 is 0 Å². The molecule has 2 heterocycles. The number of fused-ring (bicyclic) bond motifs is 1. The number of halogens is 2. The minimum absolute atomic E-state index is 0.0573. The molecule has 170 valence electrons. The molecule has 1 saturated heterocycles. The van der Waals surface area contributed by atoms with Crippen LogP contribution in [0.4, 0.5) is 4.79 Å². The van der Waals surface area contributed by atoms with E-state index >= 15 is 0 Å². The first-order valence-electron chi connectivity index (χ1n) is 10.6. The third-order valence-corrected chi connectivity index (χ3v) is 6.18. The molecule has 32 heavy (non-hydrogen) atoms. The minimum Gasteiger partial charge on any atom is -0.486 e. The van der Waals surface area contributed by atoms with Gasteiger partial charge in [0, 0.05) is 36.2 Å². The van der Waals surface area contributed by atoms with Crippen LogP contribution in [0.25, 0.3) is 0 Å². The molecule has 0 saturated carbocycles. The quantitative estimate of drug-likeness (QED) is 0.681. The smallest absolute Gasteiger partial charge is 0.317 e. The molecular weight excluding hydrogens is 453 g/mol. The van der Waals surface area contributed by atoms with Crippen LogP contribution in [0.15, 0.2) is 36.4 Å². The zero-order valence-corrected chi connectivity index (χ0v) is 19.0. The first-order valence-corrected chi connectivity index (χ1v) is 11.4. The summed E-state index contributed by atoms with van der Waals surface area (Å²) < 4.78 is 11.1. The van der Waals surface area contributed by atoms with E-state index in [0.717, 1.165) is 29.7 Å². The molecule has 0 spiro atoms. The Morgan fingerprint density at radius 3 is 2.62 bits per heavy atom. The lowest BCUT2D eigenvalue weighted by molar-refractivity contribution is -0.126. The van der Waals surface area contributed by atoms with Gasteiger partial charge in [0.1, 0.15) is 13.2 Å². The van der Waals surface area contributed by atoms with Crippen molar-refractivity contribution in [2.75, 3.05) is 26.3 Å². The number of rotatable bonds is 5. The van der Waals surface area contributed by atoms with Crippen molar-refractivity contribution in [3.8, 4) is 11.5 Å². The van der Waals surface area contributed by atoms with Gasteiger partial charge in [-0.2, -0.15) is 0 Å². The number of urea groups is 1. The zero-order valence-electron chi connectivity index (χ0n) is 17.5. The van der Waals surface area contributed by atoms with E-state index in [4.69, 9.17) is 32.7 Å². The Labute approximate surface area is 197 Å². The molecule has 0 aliphatic carbocycles. The Bertz CT molecular complexity index is 1000. The number of hydrogen-bond acceptors (Lipinski definition) is 4. The lowest BCUT2D eigenvalue weighted by atomic mass is 9.97. The number of hydrogen-bond donors (Lipinski definition) is 2. The van der Waals surface area contributed by atoms with Gasteiger partial charge in [0.25, 0.3) is 0 Å². The second kappa shape index (κ2) is 10.3. The van der Waals surface area contributed by atoms with Gasteiger partial charge in [-0.15, -0.1) is 0 Å². The fourth-order valence-electron chi connectivity index (χ4n) is 3.85. The van der Waals surface area contributed by atoms with Crippen LogP contribution in [0, 0.1) is 5.92 Å². The summed E-state index contributed by atoms with van der Waals surface area (Å²) in [7, 11) is 0. The maximum Gasteiger partial charge on any atom is 0.317 e. The second-order valence-corrected chi connectivity index (χ2v) is 8.72. The molecule has 7 nitrogen and oxygen atoms in total. The molecule has 1 fully saturated rings. The molecule has 2 aliphatic heterocycles. The molecule has 0 radical (unpaired) electrons. The number of nitrogens with zero attached hydrogens (tertiary/aromatic N) is 1. The van der Waals surface area contributed by atoms with Crippen LogP contribution in [0.2, 0.25) is 10.0 Å². The van der Waals surface area contributed by atoms with E-state index in [1.807, 2.05) is 18.2 Å².